The van der Waals surface area contributed by atoms with Gasteiger partial charge in [0.2, 0.25) is 0 Å². The van der Waals surface area contributed by atoms with E-state index in [1.807, 2.05) is 0 Å². The highest BCUT2D eigenvalue weighted by atomic mass is 16.3. The number of anilines is 2. The smallest absolute Gasteiger partial charge is 0.333 e. The molecule has 10 aromatic rings. The van der Waals surface area contributed by atoms with Crippen LogP contribution in [0.3, 0.4) is 0 Å². The molecule has 1 aliphatic carbocycles. The Balaban J connectivity index is 1.29. The quantitative estimate of drug-likeness (QED) is 0.155. The summed E-state index contributed by atoms with van der Waals surface area (Å²) in [5.74, 6) is 0. The SMILES string of the molecule is CC(C)(C)c1ccc(N2B3c4cc5oc6ccccc6c5cc4-n4c5ccc(C(C)(C)C)cc5c5c6c(oc7ccccc76)c(c3c54)-c3cc4c(cc32)C(C)(C)CCC4(C)C)cc1. The van der Waals surface area contributed by atoms with Crippen LogP contribution in [-0.4, -0.2) is 11.4 Å². The Morgan fingerprint density at radius 3 is 1.89 bits per heavy atom. The van der Waals surface area contributed by atoms with Gasteiger partial charge in [0.05, 0.1) is 11.0 Å². The Morgan fingerprint density at radius 2 is 1.19 bits per heavy atom. The summed E-state index contributed by atoms with van der Waals surface area (Å²) >= 11 is 0. The van der Waals surface area contributed by atoms with Gasteiger partial charge in [0, 0.05) is 60.5 Å². The molecule has 4 nitrogen and oxygen atoms in total. The van der Waals surface area contributed by atoms with E-state index in [2.05, 4.69) is 194 Å². The molecule has 0 fully saturated rings. The molecule has 0 N–H and O–H groups in total. The van der Waals surface area contributed by atoms with Gasteiger partial charge < -0.3 is 18.2 Å². The van der Waals surface area contributed by atoms with Gasteiger partial charge in [0.15, 0.2) is 0 Å². The van der Waals surface area contributed by atoms with Crippen molar-refractivity contribution in [3.63, 3.8) is 0 Å². The minimum atomic E-state index is -0.183. The maximum atomic E-state index is 7.33. The number of hydrogen-bond donors (Lipinski definition) is 0. The van der Waals surface area contributed by atoms with Gasteiger partial charge in [-0.25, -0.2) is 0 Å². The first-order chi connectivity index (χ1) is 30.0. The Hall–Kier alpha value is -6.20. The van der Waals surface area contributed by atoms with Gasteiger partial charge in [-0.1, -0.05) is 124 Å². The van der Waals surface area contributed by atoms with E-state index in [1.165, 1.54) is 88.6 Å². The third kappa shape index (κ3) is 4.89. The standard InChI is InChI=1S/C58H53BN2O2/c1-55(2,3)32-19-22-34(23-20-32)61-44-30-41-40(57(7,8)25-26-58(41,9)10)28-39(44)51-52-53-49(50-36-16-12-14-18-47(36)63-54(50)51)38-27-33(56(4,5)6)21-24-43(38)60(53)45-29-37-35-15-11-13-17-46(35)62-48(37)31-42(45)59(52)61/h11-24,27-31H,25-26H2,1-10H3. The maximum absolute atomic E-state index is 7.33. The van der Waals surface area contributed by atoms with E-state index in [0.29, 0.717) is 0 Å². The lowest BCUT2D eigenvalue weighted by Gasteiger charge is -2.46. The summed E-state index contributed by atoms with van der Waals surface area (Å²) < 4.78 is 16.7. The number of fused-ring (bicyclic) bond motifs is 17. The Morgan fingerprint density at radius 1 is 0.556 bits per heavy atom. The van der Waals surface area contributed by atoms with E-state index in [-0.39, 0.29) is 28.5 Å². The predicted octanol–water partition coefficient (Wildman–Crippen LogP) is 14.8. The van der Waals surface area contributed by atoms with Gasteiger partial charge in [-0.2, -0.15) is 0 Å². The first kappa shape index (κ1) is 37.4. The van der Waals surface area contributed by atoms with Crippen LogP contribution >= 0.6 is 0 Å². The van der Waals surface area contributed by atoms with E-state index in [0.717, 1.165) is 51.3 Å². The van der Waals surface area contributed by atoms with Gasteiger partial charge in [-0.05, 0) is 128 Å². The Bertz CT molecular complexity index is 3650. The van der Waals surface area contributed by atoms with E-state index >= 15 is 0 Å². The van der Waals surface area contributed by atoms with Crippen molar-refractivity contribution in [2.75, 3.05) is 4.81 Å². The zero-order valence-electron chi connectivity index (χ0n) is 38.2. The van der Waals surface area contributed by atoms with E-state index in [4.69, 9.17) is 8.83 Å². The lowest BCUT2D eigenvalue weighted by molar-refractivity contribution is 0.332. The fraction of sp³-hybridized carbons (Fsp3) is 0.276. The van der Waals surface area contributed by atoms with E-state index in [1.54, 1.807) is 0 Å². The van der Waals surface area contributed by atoms with Gasteiger partial charge in [0.25, 0.3) is 0 Å². The van der Waals surface area contributed by atoms with Crippen LogP contribution in [-0.2, 0) is 21.7 Å². The van der Waals surface area contributed by atoms with Gasteiger partial charge >= 0.3 is 6.85 Å². The second kappa shape index (κ2) is 11.9. The summed E-state index contributed by atoms with van der Waals surface area (Å²) in [6, 6.07) is 43.9. The third-order valence-electron chi connectivity index (χ3n) is 15.5. The molecule has 3 aromatic heterocycles. The summed E-state index contributed by atoms with van der Waals surface area (Å²) in [7, 11) is 0. The van der Waals surface area contributed by atoms with Crippen molar-refractivity contribution in [2.24, 2.45) is 0 Å². The van der Waals surface area contributed by atoms with Crippen molar-refractivity contribution < 1.29 is 8.83 Å². The summed E-state index contributed by atoms with van der Waals surface area (Å²) in [5, 5.41) is 7.18. The number of hydrogen-bond acceptors (Lipinski definition) is 3. The van der Waals surface area contributed by atoms with Crippen LogP contribution in [0.15, 0.2) is 124 Å². The van der Waals surface area contributed by atoms with E-state index in [9.17, 15) is 0 Å². The fourth-order valence-corrected chi connectivity index (χ4v) is 11.9. The summed E-state index contributed by atoms with van der Waals surface area (Å²) in [4.78, 5) is 2.69. The predicted molar refractivity (Wildman–Crippen MR) is 267 cm³/mol. The average molecular weight is 821 g/mol. The summed E-state index contributed by atoms with van der Waals surface area (Å²) in [6.45, 7) is 23.5. The van der Waals surface area contributed by atoms with Crippen molar-refractivity contribution in [1.82, 2.24) is 4.57 Å². The average Bonchev–Trinajstić information content (AvgIpc) is 3.92. The highest BCUT2D eigenvalue weighted by Gasteiger charge is 2.48. The normalized spacial score (nSPS) is 16.5. The second-order valence-corrected chi connectivity index (χ2v) is 22.4. The molecule has 63 heavy (non-hydrogen) atoms. The molecular formula is C58H53BN2O2. The molecule has 2 aliphatic heterocycles. The molecule has 0 unspecified atom stereocenters. The molecule has 0 bridgehead atoms. The first-order valence-electron chi connectivity index (χ1n) is 23.0. The zero-order chi connectivity index (χ0) is 43.3. The van der Waals surface area contributed by atoms with Crippen molar-refractivity contribution in [1.29, 1.82) is 0 Å². The number of aromatic nitrogens is 1. The molecule has 5 heterocycles. The minimum absolute atomic E-state index is 0.0159. The van der Waals surface area contributed by atoms with Crippen LogP contribution in [0.5, 0.6) is 0 Å². The van der Waals surface area contributed by atoms with Crippen LogP contribution in [0.2, 0.25) is 0 Å². The number of furan rings is 2. The third-order valence-corrected chi connectivity index (χ3v) is 15.5. The van der Waals surface area contributed by atoms with Gasteiger partial charge in [-0.15, -0.1) is 0 Å². The minimum Gasteiger partial charge on any atom is -0.456 e. The molecular weight excluding hydrogens is 767 g/mol. The number of rotatable bonds is 1. The lowest BCUT2D eigenvalue weighted by atomic mass is 9.43. The lowest BCUT2D eigenvalue weighted by Crippen LogP contribution is -2.60. The first-order valence-corrected chi connectivity index (χ1v) is 23.0. The van der Waals surface area contributed by atoms with Gasteiger partial charge in [0.1, 0.15) is 22.3 Å². The number of nitrogens with zero attached hydrogens (tertiary/aromatic N) is 2. The van der Waals surface area contributed by atoms with Crippen molar-refractivity contribution in [3.05, 3.63) is 138 Å². The molecule has 0 saturated heterocycles. The second-order valence-electron chi connectivity index (χ2n) is 22.4. The van der Waals surface area contributed by atoms with E-state index < -0.39 is 0 Å². The number of para-hydroxylation sites is 2. The monoisotopic (exact) mass is 820 g/mol. The summed E-state index contributed by atoms with van der Waals surface area (Å²) in [5.41, 5.74) is 20.4. The molecule has 5 heteroatoms. The van der Waals surface area contributed by atoms with Crippen molar-refractivity contribution in [2.45, 2.75) is 104 Å². The Labute approximate surface area is 369 Å². The highest BCUT2D eigenvalue weighted by Crippen LogP contribution is 2.55. The molecule has 13 rings (SSSR count). The molecule has 3 aliphatic rings. The molecule has 0 saturated carbocycles. The van der Waals surface area contributed by atoms with Crippen LogP contribution in [0.4, 0.5) is 11.4 Å². The topological polar surface area (TPSA) is 34.5 Å². The molecule has 310 valence electrons. The van der Waals surface area contributed by atoms with Crippen LogP contribution in [0.25, 0.3) is 82.5 Å². The highest BCUT2D eigenvalue weighted by molar-refractivity contribution is 6.94. The van der Waals surface area contributed by atoms with Crippen molar-refractivity contribution >= 4 is 94.8 Å². The largest absolute Gasteiger partial charge is 0.456 e. The van der Waals surface area contributed by atoms with Crippen LogP contribution < -0.4 is 15.7 Å². The molecule has 0 amide bonds. The molecule has 7 aromatic carbocycles. The fourth-order valence-electron chi connectivity index (χ4n) is 11.9. The molecule has 0 atom stereocenters. The zero-order valence-corrected chi connectivity index (χ0v) is 38.2. The molecule has 0 spiro atoms. The van der Waals surface area contributed by atoms with Gasteiger partial charge in [-0.3, -0.25) is 0 Å². The molecule has 0 radical (unpaired) electrons. The van der Waals surface area contributed by atoms with Crippen LogP contribution in [0.1, 0.15) is 104 Å². The van der Waals surface area contributed by atoms with Crippen molar-refractivity contribution in [3.8, 4) is 16.8 Å². The van der Waals surface area contributed by atoms with Crippen LogP contribution in [0, 0.1) is 0 Å². The summed E-state index contributed by atoms with van der Waals surface area (Å²) in [6.07, 6.45) is 2.29. The number of benzene rings is 7. The maximum Gasteiger partial charge on any atom is 0.333 e. The Kier molecular flexibility index (Phi) is 7.04.